The van der Waals surface area contributed by atoms with Gasteiger partial charge in [-0.15, -0.1) is 0 Å². The molecule has 0 aliphatic carbocycles. The van der Waals surface area contributed by atoms with Crippen molar-refractivity contribution in [1.29, 1.82) is 0 Å². The van der Waals surface area contributed by atoms with Gasteiger partial charge in [0.15, 0.2) is 0 Å². The number of carbonyl (C=O) groups excluding carboxylic acids is 1. The van der Waals surface area contributed by atoms with E-state index in [1.165, 1.54) is 7.05 Å². The third-order valence-corrected chi connectivity index (χ3v) is 5.92. The number of fused-ring (bicyclic) bond motifs is 1. The molecule has 0 spiro atoms. The minimum atomic E-state index is -3.38. The second kappa shape index (κ2) is 8.53. The quantitative estimate of drug-likeness (QED) is 0.605. The Morgan fingerprint density at radius 2 is 1.75 bits per heavy atom. The summed E-state index contributed by atoms with van der Waals surface area (Å²) in [4.78, 5) is 17.1. The summed E-state index contributed by atoms with van der Waals surface area (Å²) in [6.07, 6.45) is 0.729. The van der Waals surface area contributed by atoms with Gasteiger partial charge in [0.2, 0.25) is 15.9 Å². The Balaban J connectivity index is 1.72. The number of sulfonamides is 1. The lowest BCUT2D eigenvalue weighted by molar-refractivity contribution is -0.121. The summed E-state index contributed by atoms with van der Waals surface area (Å²) in [5, 5.41) is 2.89. The summed E-state index contributed by atoms with van der Waals surface area (Å²) in [6.45, 7) is 2.44. The van der Waals surface area contributed by atoms with Gasteiger partial charge in [-0.05, 0) is 30.3 Å². The van der Waals surface area contributed by atoms with Crippen molar-refractivity contribution in [3.8, 4) is 0 Å². The Morgan fingerprint density at radius 1 is 1.07 bits per heavy atom. The summed E-state index contributed by atoms with van der Waals surface area (Å²) in [6, 6.07) is 14.9. The van der Waals surface area contributed by atoms with Gasteiger partial charge in [-0.2, -0.15) is 0 Å². The number of aryl methyl sites for hydroxylation is 1. The Kier molecular flexibility index (Phi) is 6.11. The van der Waals surface area contributed by atoms with Crippen LogP contribution in [0.25, 0.3) is 11.0 Å². The molecule has 28 heavy (non-hydrogen) atoms. The van der Waals surface area contributed by atoms with Crippen LogP contribution in [0.5, 0.6) is 0 Å². The van der Waals surface area contributed by atoms with Crippen LogP contribution in [-0.2, 0) is 40.1 Å². The first-order valence-corrected chi connectivity index (χ1v) is 10.8. The number of carbonyl (C=O) groups is 1. The highest BCUT2D eigenvalue weighted by Gasteiger charge is 2.14. The van der Waals surface area contributed by atoms with E-state index in [2.05, 4.69) is 15.0 Å². The van der Waals surface area contributed by atoms with Crippen molar-refractivity contribution in [2.75, 3.05) is 7.05 Å². The normalized spacial score (nSPS) is 11.6. The minimum absolute atomic E-state index is 0.123. The van der Waals surface area contributed by atoms with Gasteiger partial charge >= 0.3 is 0 Å². The molecule has 1 amide bonds. The number of benzene rings is 2. The fourth-order valence-electron chi connectivity index (χ4n) is 3.11. The predicted molar refractivity (Wildman–Crippen MR) is 109 cm³/mol. The molecule has 1 aromatic heterocycles. The van der Waals surface area contributed by atoms with Crippen LogP contribution in [0.4, 0.5) is 0 Å². The van der Waals surface area contributed by atoms with Gasteiger partial charge in [0.25, 0.3) is 0 Å². The molecular weight excluding hydrogens is 376 g/mol. The molecule has 0 radical (unpaired) electrons. The van der Waals surface area contributed by atoms with E-state index in [0.717, 1.165) is 28.8 Å². The van der Waals surface area contributed by atoms with Crippen LogP contribution in [0.15, 0.2) is 48.5 Å². The summed E-state index contributed by atoms with van der Waals surface area (Å²) < 4.78 is 27.9. The highest BCUT2D eigenvalue weighted by atomic mass is 32.2. The van der Waals surface area contributed by atoms with E-state index in [1.54, 1.807) is 12.1 Å². The number of rotatable bonds is 8. The monoisotopic (exact) mass is 400 g/mol. The first-order chi connectivity index (χ1) is 13.4. The molecule has 2 aromatic carbocycles. The lowest BCUT2D eigenvalue weighted by Gasteiger charge is -2.12. The molecule has 3 aromatic rings. The lowest BCUT2D eigenvalue weighted by atomic mass is 10.1. The van der Waals surface area contributed by atoms with Gasteiger partial charge in [-0.3, -0.25) is 4.79 Å². The summed E-state index contributed by atoms with van der Waals surface area (Å²) in [7, 11) is -1.99. The second-order valence-corrected chi connectivity index (χ2v) is 8.39. The summed E-state index contributed by atoms with van der Waals surface area (Å²) in [5.74, 6) is 0.586. The van der Waals surface area contributed by atoms with Crippen LogP contribution in [0.2, 0.25) is 0 Å². The van der Waals surface area contributed by atoms with Gasteiger partial charge in [0, 0.05) is 13.0 Å². The van der Waals surface area contributed by atoms with Gasteiger partial charge in [0.05, 0.1) is 16.8 Å². The second-order valence-electron chi connectivity index (χ2n) is 6.47. The van der Waals surface area contributed by atoms with E-state index < -0.39 is 10.0 Å². The number of hydrogen-bond acceptors (Lipinski definition) is 4. The van der Waals surface area contributed by atoms with Crippen LogP contribution in [0.3, 0.4) is 0 Å². The molecule has 0 saturated carbocycles. The number of nitrogens with one attached hydrogen (secondary N) is 2. The average molecular weight is 401 g/mol. The van der Waals surface area contributed by atoms with Gasteiger partial charge in [-0.1, -0.05) is 43.3 Å². The molecule has 0 saturated heterocycles. The Bertz CT molecular complexity index is 1090. The smallest absolute Gasteiger partial charge is 0.240 e. The van der Waals surface area contributed by atoms with Crippen molar-refractivity contribution >= 4 is 27.0 Å². The molecular formula is C20H24N4O3S. The molecule has 0 fully saturated rings. The average Bonchev–Trinajstić information content (AvgIpc) is 3.05. The predicted octanol–water partition coefficient (Wildman–Crippen LogP) is 1.96. The highest BCUT2D eigenvalue weighted by Crippen LogP contribution is 2.16. The van der Waals surface area contributed by atoms with Crippen LogP contribution in [0, 0.1) is 0 Å². The molecule has 3 rings (SSSR count). The topological polar surface area (TPSA) is 93.1 Å². The zero-order chi connectivity index (χ0) is 20.1. The Labute approximate surface area is 164 Å². The van der Waals surface area contributed by atoms with E-state index in [-0.39, 0.29) is 24.7 Å². The Hall–Kier alpha value is -2.71. The van der Waals surface area contributed by atoms with Crippen molar-refractivity contribution in [1.82, 2.24) is 19.6 Å². The largest absolute Gasteiger partial charge is 0.350 e. The molecule has 148 valence electrons. The van der Waals surface area contributed by atoms with Crippen molar-refractivity contribution in [3.63, 3.8) is 0 Å². The van der Waals surface area contributed by atoms with E-state index in [4.69, 9.17) is 0 Å². The highest BCUT2D eigenvalue weighted by molar-refractivity contribution is 7.88. The lowest BCUT2D eigenvalue weighted by Crippen LogP contribution is -2.28. The van der Waals surface area contributed by atoms with Gasteiger partial charge in [-0.25, -0.2) is 18.1 Å². The van der Waals surface area contributed by atoms with Gasteiger partial charge in [0.1, 0.15) is 12.4 Å². The minimum Gasteiger partial charge on any atom is -0.350 e. The van der Waals surface area contributed by atoms with Gasteiger partial charge < -0.3 is 9.88 Å². The van der Waals surface area contributed by atoms with Crippen LogP contribution in [-0.4, -0.2) is 30.9 Å². The fourth-order valence-corrected chi connectivity index (χ4v) is 3.95. The molecule has 1 heterocycles. The number of imidazole rings is 1. The maximum atomic E-state index is 12.6. The first kappa shape index (κ1) is 20.0. The molecule has 0 aliphatic rings. The van der Waals surface area contributed by atoms with E-state index >= 15 is 0 Å². The number of amides is 1. The molecule has 0 atom stereocenters. The van der Waals surface area contributed by atoms with Crippen molar-refractivity contribution in [2.45, 2.75) is 32.2 Å². The standard InChI is InChI=1S/C20H24N4O3S/c1-3-19-23-17-10-6-7-11-18(17)24(19)13-20(25)22-12-15-8-4-5-9-16(15)14-28(26,27)21-2/h4-11,21H,3,12-14H2,1-2H3,(H,22,25). The molecule has 7 nitrogen and oxygen atoms in total. The third-order valence-electron chi connectivity index (χ3n) is 4.60. The molecule has 2 N–H and O–H groups in total. The van der Waals surface area contributed by atoms with Crippen molar-refractivity contribution < 1.29 is 13.2 Å². The van der Waals surface area contributed by atoms with Crippen molar-refractivity contribution in [3.05, 3.63) is 65.5 Å². The maximum absolute atomic E-state index is 12.6. The summed E-state index contributed by atoms with van der Waals surface area (Å²) in [5.41, 5.74) is 3.24. The molecule has 8 heteroatoms. The Morgan fingerprint density at radius 3 is 2.46 bits per heavy atom. The molecule has 0 bridgehead atoms. The zero-order valence-corrected chi connectivity index (χ0v) is 16.8. The van der Waals surface area contributed by atoms with Crippen LogP contribution >= 0.6 is 0 Å². The van der Waals surface area contributed by atoms with E-state index in [0.29, 0.717) is 5.56 Å². The molecule has 0 aliphatic heterocycles. The van der Waals surface area contributed by atoms with Crippen LogP contribution in [0.1, 0.15) is 23.9 Å². The number of nitrogens with zero attached hydrogens (tertiary/aromatic N) is 2. The number of aromatic nitrogens is 2. The zero-order valence-electron chi connectivity index (χ0n) is 16.0. The SMILES string of the molecule is CCc1nc2ccccc2n1CC(=O)NCc1ccccc1CS(=O)(=O)NC. The van der Waals surface area contributed by atoms with E-state index in [9.17, 15) is 13.2 Å². The maximum Gasteiger partial charge on any atom is 0.240 e. The van der Waals surface area contributed by atoms with Crippen molar-refractivity contribution in [2.24, 2.45) is 0 Å². The number of hydrogen-bond donors (Lipinski definition) is 2. The van der Waals surface area contributed by atoms with E-state index in [1.807, 2.05) is 47.9 Å². The summed E-state index contributed by atoms with van der Waals surface area (Å²) >= 11 is 0. The third kappa shape index (κ3) is 4.58. The first-order valence-electron chi connectivity index (χ1n) is 9.12. The van der Waals surface area contributed by atoms with Crippen LogP contribution < -0.4 is 10.0 Å². The molecule has 0 unspecified atom stereocenters. The number of para-hydroxylation sites is 2. The fraction of sp³-hybridized carbons (Fsp3) is 0.300.